The van der Waals surface area contributed by atoms with Crippen molar-refractivity contribution in [1.29, 1.82) is 0 Å². The molecule has 122 valence electrons. The molecule has 0 bridgehead atoms. The molecule has 3 rings (SSSR count). The second-order valence-corrected chi connectivity index (χ2v) is 6.44. The SMILES string of the molecule is CN1C(=O)N(c2ncc(C#Cc3ccccc3)cn2)CCC1(C)C. The molecule has 0 atom stereocenters. The normalized spacial score (nSPS) is 16.5. The number of benzene rings is 1. The highest BCUT2D eigenvalue weighted by atomic mass is 16.2. The van der Waals surface area contributed by atoms with E-state index in [0.29, 0.717) is 12.5 Å². The molecule has 1 aliphatic rings. The third kappa shape index (κ3) is 3.23. The summed E-state index contributed by atoms with van der Waals surface area (Å²) in [6.45, 7) is 4.74. The summed E-state index contributed by atoms with van der Waals surface area (Å²) >= 11 is 0. The molecule has 0 spiro atoms. The van der Waals surface area contributed by atoms with Crippen LogP contribution in [0.15, 0.2) is 42.7 Å². The first-order chi connectivity index (χ1) is 11.5. The van der Waals surface area contributed by atoms with Crippen molar-refractivity contribution in [1.82, 2.24) is 14.9 Å². The van der Waals surface area contributed by atoms with E-state index in [9.17, 15) is 4.79 Å². The smallest absolute Gasteiger partial charge is 0.322 e. The van der Waals surface area contributed by atoms with Gasteiger partial charge in [-0.1, -0.05) is 30.0 Å². The molecule has 0 aliphatic carbocycles. The maximum Gasteiger partial charge on any atom is 0.327 e. The predicted molar refractivity (Wildman–Crippen MR) is 93.7 cm³/mol. The summed E-state index contributed by atoms with van der Waals surface area (Å²) in [6, 6.07) is 9.68. The molecular formula is C19H20N4O. The Balaban J connectivity index is 1.76. The lowest BCUT2D eigenvalue weighted by Gasteiger charge is -2.43. The Bertz CT molecular complexity index is 788. The lowest BCUT2D eigenvalue weighted by Crippen LogP contribution is -2.58. The van der Waals surface area contributed by atoms with Crippen molar-refractivity contribution in [3.05, 3.63) is 53.9 Å². The van der Waals surface area contributed by atoms with Gasteiger partial charge in [0.25, 0.3) is 0 Å². The minimum Gasteiger partial charge on any atom is -0.322 e. The second-order valence-electron chi connectivity index (χ2n) is 6.44. The average Bonchev–Trinajstić information content (AvgIpc) is 2.60. The molecule has 5 nitrogen and oxygen atoms in total. The van der Waals surface area contributed by atoms with Crippen molar-refractivity contribution in [2.24, 2.45) is 0 Å². The first kappa shape index (κ1) is 16.0. The van der Waals surface area contributed by atoms with E-state index in [1.807, 2.05) is 37.4 Å². The van der Waals surface area contributed by atoms with Gasteiger partial charge >= 0.3 is 6.03 Å². The van der Waals surface area contributed by atoms with Crippen LogP contribution < -0.4 is 4.90 Å². The number of aromatic nitrogens is 2. The Kier molecular flexibility index (Phi) is 4.22. The van der Waals surface area contributed by atoms with Gasteiger partial charge in [-0.05, 0) is 32.4 Å². The van der Waals surface area contributed by atoms with E-state index >= 15 is 0 Å². The van der Waals surface area contributed by atoms with E-state index in [4.69, 9.17) is 0 Å². The van der Waals surface area contributed by atoms with Crippen molar-refractivity contribution in [2.45, 2.75) is 25.8 Å². The van der Waals surface area contributed by atoms with Gasteiger partial charge in [-0.2, -0.15) is 0 Å². The maximum absolute atomic E-state index is 12.5. The summed E-state index contributed by atoms with van der Waals surface area (Å²) in [7, 11) is 1.81. The summed E-state index contributed by atoms with van der Waals surface area (Å²) in [5.74, 6) is 6.53. The van der Waals surface area contributed by atoms with Crippen molar-refractivity contribution >= 4 is 12.0 Å². The van der Waals surface area contributed by atoms with Gasteiger partial charge in [0.2, 0.25) is 5.95 Å². The molecule has 0 unspecified atom stereocenters. The Hall–Kier alpha value is -2.87. The zero-order valence-corrected chi connectivity index (χ0v) is 14.2. The van der Waals surface area contributed by atoms with Gasteiger partial charge in [-0.3, -0.25) is 4.90 Å². The summed E-state index contributed by atoms with van der Waals surface area (Å²) in [5.41, 5.74) is 1.52. The van der Waals surface area contributed by atoms with Crippen LogP contribution in [-0.2, 0) is 0 Å². The van der Waals surface area contributed by atoms with E-state index < -0.39 is 0 Å². The summed E-state index contributed by atoms with van der Waals surface area (Å²) in [5, 5.41) is 0. The average molecular weight is 320 g/mol. The van der Waals surface area contributed by atoms with Gasteiger partial charge in [0.1, 0.15) is 0 Å². The van der Waals surface area contributed by atoms with Crippen molar-refractivity contribution in [3.63, 3.8) is 0 Å². The zero-order valence-electron chi connectivity index (χ0n) is 14.2. The number of carbonyl (C=O) groups excluding carboxylic acids is 1. The van der Waals surface area contributed by atoms with Crippen LogP contribution in [0, 0.1) is 11.8 Å². The van der Waals surface area contributed by atoms with E-state index in [0.717, 1.165) is 17.5 Å². The molecule has 1 aromatic carbocycles. The van der Waals surface area contributed by atoms with Gasteiger partial charge in [0, 0.05) is 37.1 Å². The van der Waals surface area contributed by atoms with E-state index in [-0.39, 0.29) is 11.6 Å². The number of carbonyl (C=O) groups is 1. The first-order valence-corrected chi connectivity index (χ1v) is 7.92. The molecule has 2 heterocycles. The summed E-state index contributed by atoms with van der Waals surface area (Å²) in [6.07, 6.45) is 4.19. The van der Waals surface area contributed by atoms with Crippen LogP contribution in [0.1, 0.15) is 31.4 Å². The summed E-state index contributed by atoms with van der Waals surface area (Å²) in [4.78, 5) is 24.5. The largest absolute Gasteiger partial charge is 0.327 e. The van der Waals surface area contributed by atoms with E-state index in [1.165, 1.54) is 0 Å². The number of hydrogen-bond acceptors (Lipinski definition) is 3. The quantitative estimate of drug-likeness (QED) is 0.759. The van der Waals surface area contributed by atoms with Crippen LogP contribution in [0.4, 0.5) is 10.7 Å². The minimum atomic E-state index is -0.144. The monoisotopic (exact) mass is 320 g/mol. The second kappa shape index (κ2) is 6.32. The fraction of sp³-hybridized carbons (Fsp3) is 0.316. The fourth-order valence-electron chi connectivity index (χ4n) is 2.47. The molecule has 1 fully saturated rings. The number of amides is 2. The molecule has 24 heavy (non-hydrogen) atoms. The van der Waals surface area contributed by atoms with Crippen LogP contribution in [0.3, 0.4) is 0 Å². The summed E-state index contributed by atoms with van der Waals surface area (Å²) < 4.78 is 0. The Morgan fingerprint density at radius 3 is 2.33 bits per heavy atom. The van der Waals surface area contributed by atoms with Gasteiger partial charge in [-0.25, -0.2) is 14.8 Å². The highest BCUT2D eigenvalue weighted by Crippen LogP contribution is 2.26. The molecule has 2 aromatic rings. The Labute approximate surface area is 142 Å². The predicted octanol–water partition coefficient (Wildman–Crippen LogP) is 2.92. The number of urea groups is 1. The van der Waals surface area contributed by atoms with E-state index in [2.05, 4.69) is 35.7 Å². The molecular weight excluding hydrogens is 300 g/mol. The number of anilines is 1. The Morgan fingerprint density at radius 1 is 1.04 bits per heavy atom. The van der Waals surface area contributed by atoms with Gasteiger partial charge in [0.15, 0.2) is 0 Å². The van der Waals surface area contributed by atoms with Crippen LogP contribution >= 0.6 is 0 Å². The fourth-order valence-corrected chi connectivity index (χ4v) is 2.47. The lowest BCUT2D eigenvalue weighted by molar-refractivity contribution is 0.140. The van der Waals surface area contributed by atoms with Gasteiger partial charge in [-0.15, -0.1) is 0 Å². The molecule has 1 aromatic heterocycles. The van der Waals surface area contributed by atoms with Crippen molar-refractivity contribution in [3.8, 4) is 11.8 Å². The van der Waals surface area contributed by atoms with Crippen LogP contribution in [0.5, 0.6) is 0 Å². The third-order valence-corrected chi connectivity index (χ3v) is 4.38. The lowest BCUT2D eigenvalue weighted by atomic mass is 9.96. The highest BCUT2D eigenvalue weighted by Gasteiger charge is 2.37. The van der Waals surface area contributed by atoms with E-state index in [1.54, 1.807) is 22.2 Å². The Morgan fingerprint density at radius 2 is 1.67 bits per heavy atom. The van der Waals surface area contributed by atoms with Crippen LogP contribution in [0.2, 0.25) is 0 Å². The van der Waals surface area contributed by atoms with Crippen molar-refractivity contribution in [2.75, 3.05) is 18.5 Å². The minimum absolute atomic E-state index is 0.0747. The molecule has 5 heteroatoms. The first-order valence-electron chi connectivity index (χ1n) is 7.92. The topological polar surface area (TPSA) is 49.3 Å². The van der Waals surface area contributed by atoms with Crippen molar-refractivity contribution < 1.29 is 4.79 Å². The number of hydrogen-bond donors (Lipinski definition) is 0. The standard InChI is InChI=1S/C19H20N4O/c1-19(2)11-12-23(18(24)22(19)3)17-20-13-16(14-21-17)10-9-15-7-5-4-6-8-15/h4-8,13-14H,11-12H2,1-3H3. The maximum atomic E-state index is 12.5. The molecule has 0 radical (unpaired) electrons. The number of rotatable bonds is 1. The number of nitrogens with zero attached hydrogens (tertiary/aromatic N) is 4. The highest BCUT2D eigenvalue weighted by molar-refractivity contribution is 5.91. The third-order valence-electron chi connectivity index (χ3n) is 4.38. The van der Waals surface area contributed by atoms with Crippen LogP contribution in [-0.4, -0.2) is 40.0 Å². The molecule has 0 N–H and O–H groups in total. The van der Waals surface area contributed by atoms with Crippen LogP contribution in [0.25, 0.3) is 0 Å². The van der Waals surface area contributed by atoms with Gasteiger partial charge < -0.3 is 4.90 Å². The molecule has 0 saturated carbocycles. The molecule has 2 amide bonds. The molecule has 1 aliphatic heterocycles. The van der Waals surface area contributed by atoms with Gasteiger partial charge in [0.05, 0.1) is 5.56 Å². The zero-order chi connectivity index (χ0) is 17.2. The molecule has 1 saturated heterocycles.